The third kappa shape index (κ3) is 1.58. The first kappa shape index (κ1) is 10.9. The van der Waals surface area contributed by atoms with E-state index in [0.717, 1.165) is 10.7 Å². The first-order valence-corrected chi connectivity index (χ1v) is 6.22. The number of fused-ring (bicyclic) bond motifs is 1. The molecule has 0 radical (unpaired) electrons. The van der Waals surface area contributed by atoms with Crippen LogP contribution in [0.3, 0.4) is 0 Å². The van der Waals surface area contributed by atoms with Crippen molar-refractivity contribution >= 4 is 22.0 Å². The smallest absolute Gasteiger partial charge is 0.278 e. The summed E-state index contributed by atoms with van der Waals surface area (Å²) in [5.41, 5.74) is 2.35. The largest absolute Gasteiger partial charge is 0.294 e. The van der Waals surface area contributed by atoms with Gasteiger partial charge in [-0.05, 0) is 13.0 Å². The zero-order chi connectivity index (χ0) is 12.7. The molecule has 0 aliphatic rings. The molecule has 2 aromatic heterocycles. The van der Waals surface area contributed by atoms with E-state index in [1.807, 2.05) is 22.9 Å². The summed E-state index contributed by atoms with van der Waals surface area (Å²) >= 11 is 1.53. The summed E-state index contributed by atoms with van der Waals surface area (Å²) in [6.45, 7) is 1.98. The lowest BCUT2D eigenvalue weighted by atomic mass is 10.1. The highest BCUT2D eigenvalue weighted by molar-refractivity contribution is 7.15. The van der Waals surface area contributed by atoms with E-state index in [1.165, 1.54) is 17.4 Å². The van der Waals surface area contributed by atoms with Gasteiger partial charge in [0, 0.05) is 23.3 Å². The topological polar surface area (TPSA) is 60.4 Å². The number of thiazole rings is 1. The lowest BCUT2D eigenvalue weighted by Crippen LogP contribution is -1.91. The zero-order valence-electron chi connectivity index (χ0n) is 9.53. The molecular formula is C12H9N3O2S. The number of hydrogen-bond acceptors (Lipinski definition) is 4. The highest BCUT2D eigenvalue weighted by atomic mass is 32.1. The van der Waals surface area contributed by atoms with Crippen LogP contribution in [-0.2, 0) is 0 Å². The summed E-state index contributed by atoms with van der Waals surface area (Å²) in [6, 6.07) is 6.66. The first-order chi connectivity index (χ1) is 8.66. The van der Waals surface area contributed by atoms with Crippen LogP contribution < -0.4 is 0 Å². The van der Waals surface area contributed by atoms with E-state index in [1.54, 1.807) is 18.2 Å². The van der Waals surface area contributed by atoms with E-state index in [9.17, 15) is 10.1 Å². The Kier molecular flexibility index (Phi) is 2.38. The molecule has 2 heterocycles. The van der Waals surface area contributed by atoms with Gasteiger partial charge >= 0.3 is 0 Å². The minimum Gasteiger partial charge on any atom is -0.294 e. The Bertz CT molecular complexity index is 745. The standard InChI is InChI=1S/C12H9N3O2S/c1-8-7-18-12-13-10(6-14(8)12)9-4-2-3-5-11(9)15(16)17/h2-7H,1H3. The first-order valence-electron chi connectivity index (χ1n) is 5.34. The zero-order valence-corrected chi connectivity index (χ0v) is 10.3. The second kappa shape index (κ2) is 3.92. The predicted octanol–water partition coefficient (Wildman–Crippen LogP) is 3.28. The number of nitro benzene ring substituents is 1. The number of benzene rings is 1. The van der Waals surface area contributed by atoms with Gasteiger partial charge in [-0.15, -0.1) is 11.3 Å². The molecule has 18 heavy (non-hydrogen) atoms. The maximum absolute atomic E-state index is 11.0. The van der Waals surface area contributed by atoms with Crippen molar-refractivity contribution in [3.05, 3.63) is 51.7 Å². The van der Waals surface area contributed by atoms with Crippen LogP contribution in [-0.4, -0.2) is 14.3 Å². The molecule has 0 saturated carbocycles. The number of rotatable bonds is 2. The summed E-state index contributed by atoms with van der Waals surface area (Å²) in [4.78, 5) is 15.9. The van der Waals surface area contributed by atoms with Gasteiger partial charge in [0.05, 0.1) is 16.2 Å². The van der Waals surface area contributed by atoms with Gasteiger partial charge in [-0.3, -0.25) is 14.5 Å². The molecule has 0 unspecified atom stereocenters. The fourth-order valence-corrected chi connectivity index (χ4v) is 2.72. The van der Waals surface area contributed by atoms with Crippen molar-refractivity contribution in [2.24, 2.45) is 0 Å². The van der Waals surface area contributed by atoms with E-state index in [4.69, 9.17) is 0 Å². The lowest BCUT2D eigenvalue weighted by molar-refractivity contribution is -0.384. The van der Waals surface area contributed by atoms with E-state index < -0.39 is 0 Å². The Morgan fingerprint density at radius 2 is 2.17 bits per heavy atom. The van der Waals surface area contributed by atoms with E-state index >= 15 is 0 Å². The van der Waals surface area contributed by atoms with E-state index in [2.05, 4.69) is 4.98 Å². The van der Waals surface area contributed by atoms with Crippen molar-refractivity contribution in [2.75, 3.05) is 0 Å². The molecular weight excluding hydrogens is 250 g/mol. The van der Waals surface area contributed by atoms with Gasteiger partial charge in [-0.2, -0.15) is 0 Å². The molecule has 6 heteroatoms. The fraction of sp³-hybridized carbons (Fsp3) is 0.0833. The van der Waals surface area contributed by atoms with Crippen molar-refractivity contribution in [1.82, 2.24) is 9.38 Å². The molecule has 3 rings (SSSR count). The normalized spacial score (nSPS) is 10.9. The van der Waals surface area contributed by atoms with Crippen LogP contribution >= 0.6 is 11.3 Å². The van der Waals surface area contributed by atoms with Crippen LogP contribution in [0.25, 0.3) is 16.2 Å². The summed E-state index contributed by atoms with van der Waals surface area (Å²) in [7, 11) is 0. The minimum absolute atomic E-state index is 0.0842. The van der Waals surface area contributed by atoms with Crippen LogP contribution in [0.4, 0.5) is 5.69 Å². The Morgan fingerprint density at radius 1 is 1.39 bits per heavy atom. The number of hydrogen-bond donors (Lipinski definition) is 0. The fourth-order valence-electron chi connectivity index (χ4n) is 1.87. The van der Waals surface area contributed by atoms with Gasteiger partial charge < -0.3 is 0 Å². The number of aryl methyl sites for hydroxylation is 1. The number of imidazole rings is 1. The van der Waals surface area contributed by atoms with Crippen molar-refractivity contribution in [3.8, 4) is 11.3 Å². The van der Waals surface area contributed by atoms with Crippen molar-refractivity contribution in [1.29, 1.82) is 0 Å². The second-order valence-electron chi connectivity index (χ2n) is 3.93. The van der Waals surface area contributed by atoms with Crippen LogP contribution in [0.5, 0.6) is 0 Å². The highest BCUT2D eigenvalue weighted by Gasteiger charge is 2.17. The van der Waals surface area contributed by atoms with Crippen LogP contribution in [0.2, 0.25) is 0 Å². The molecule has 1 aromatic carbocycles. The Balaban J connectivity index is 2.22. The summed E-state index contributed by atoms with van der Waals surface area (Å²) in [5.74, 6) is 0. The SMILES string of the molecule is Cc1csc2nc(-c3ccccc3[N+](=O)[O-])cn12. The third-order valence-corrected chi connectivity index (χ3v) is 3.72. The number of para-hydroxylation sites is 1. The summed E-state index contributed by atoms with van der Waals surface area (Å²) in [5, 5.41) is 13.0. The van der Waals surface area contributed by atoms with Crippen molar-refractivity contribution in [3.63, 3.8) is 0 Å². The van der Waals surface area contributed by atoms with Crippen LogP contribution in [0.1, 0.15) is 5.69 Å². The summed E-state index contributed by atoms with van der Waals surface area (Å²) < 4.78 is 1.94. The molecule has 0 bridgehead atoms. The molecule has 0 saturated heterocycles. The minimum atomic E-state index is -0.379. The molecule has 0 N–H and O–H groups in total. The van der Waals surface area contributed by atoms with Gasteiger partial charge in [0.1, 0.15) is 0 Å². The predicted molar refractivity (Wildman–Crippen MR) is 69.9 cm³/mol. The highest BCUT2D eigenvalue weighted by Crippen LogP contribution is 2.30. The van der Waals surface area contributed by atoms with Crippen molar-refractivity contribution < 1.29 is 4.92 Å². The molecule has 5 nitrogen and oxygen atoms in total. The quantitative estimate of drug-likeness (QED) is 0.524. The third-order valence-electron chi connectivity index (χ3n) is 2.77. The van der Waals surface area contributed by atoms with Gasteiger partial charge in [0.2, 0.25) is 0 Å². The van der Waals surface area contributed by atoms with Crippen LogP contribution in [0, 0.1) is 17.0 Å². The number of nitrogens with zero attached hydrogens (tertiary/aromatic N) is 3. The Hall–Kier alpha value is -2.21. The van der Waals surface area contributed by atoms with Crippen molar-refractivity contribution in [2.45, 2.75) is 6.92 Å². The second-order valence-corrected chi connectivity index (χ2v) is 4.77. The van der Waals surface area contributed by atoms with Gasteiger partial charge in [-0.1, -0.05) is 12.1 Å². The lowest BCUT2D eigenvalue weighted by Gasteiger charge is -1.98. The molecule has 3 aromatic rings. The number of nitro groups is 1. The Labute approximate surface area is 106 Å². The van der Waals surface area contributed by atoms with Gasteiger partial charge in [-0.25, -0.2) is 4.98 Å². The Morgan fingerprint density at radius 3 is 2.89 bits per heavy atom. The summed E-state index contributed by atoms with van der Waals surface area (Å²) in [6.07, 6.45) is 1.84. The number of aromatic nitrogens is 2. The molecule has 0 aliphatic heterocycles. The molecule has 0 amide bonds. The average Bonchev–Trinajstić information content (AvgIpc) is 2.92. The molecule has 90 valence electrons. The maximum Gasteiger partial charge on any atom is 0.278 e. The maximum atomic E-state index is 11.0. The molecule has 0 spiro atoms. The average molecular weight is 259 g/mol. The van der Waals surface area contributed by atoms with Gasteiger partial charge in [0.15, 0.2) is 4.96 Å². The molecule has 0 aliphatic carbocycles. The van der Waals surface area contributed by atoms with E-state index in [0.29, 0.717) is 11.3 Å². The van der Waals surface area contributed by atoms with Crippen LogP contribution in [0.15, 0.2) is 35.8 Å². The monoisotopic (exact) mass is 259 g/mol. The molecule has 0 fully saturated rings. The van der Waals surface area contributed by atoms with E-state index in [-0.39, 0.29) is 10.6 Å². The molecule has 0 atom stereocenters. The van der Waals surface area contributed by atoms with Gasteiger partial charge in [0.25, 0.3) is 5.69 Å².